The minimum absolute atomic E-state index is 0.0282. The highest BCUT2D eigenvalue weighted by Crippen LogP contribution is 2.27. The van der Waals surface area contributed by atoms with Crippen molar-refractivity contribution in [2.24, 2.45) is 11.8 Å². The molecule has 0 aliphatic rings. The first-order valence-electron chi connectivity index (χ1n) is 7.13. The lowest BCUT2D eigenvalue weighted by atomic mass is 9.95. The van der Waals surface area contributed by atoms with Crippen LogP contribution >= 0.6 is 0 Å². The molecule has 3 heteroatoms. The zero-order valence-corrected chi connectivity index (χ0v) is 12.7. The van der Waals surface area contributed by atoms with Crippen LogP contribution in [0.2, 0.25) is 0 Å². The van der Waals surface area contributed by atoms with E-state index in [2.05, 4.69) is 49.6 Å². The van der Waals surface area contributed by atoms with Gasteiger partial charge in [-0.25, -0.2) is 5.43 Å². The van der Waals surface area contributed by atoms with Crippen LogP contribution in [0.3, 0.4) is 0 Å². The zero-order chi connectivity index (χ0) is 14.7. The molecule has 3 N–H and O–H groups in total. The summed E-state index contributed by atoms with van der Waals surface area (Å²) < 4.78 is 5.62. The van der Waals surface area contributed by atoms with Gasteiger partial charge in [0.05, 0.1) is 6.04 Å². The Hall–Kier alpha value is -1.58. The summed E-state index contributed by atoms with van der Waals surface area (Å²) in [5.74, 6) is 8.25. The van der Waals surface area contributed by atoms with E-state index in [1.165, 1.54) is 11.1 Å². The van der Waals surface area contributed by atoms with Crippen LogP contribution in [0.1, 0.15) is 48.1 Å². The number of furan rings is 1. The van der Waals surface area contributed by atoms with E-state index in [9.17, 15) is 0 Å². The molecule has 1 aromatic carbocycles. The normalized spacial score (nSPS) is 12.9. The van der Waals surface area contributed by atoms with Gasteiger partial charge in [0.2, 0.25) is 0 Å². The van der Waals surface area contributed by atoms with Crippen molar-refractivity contribution in [3.8, 4) is 0 Å². The Balaban J connectivity index is 2.34. The summed E-state index contributed by atoms with van der Waals surface area (Å²) in [6.45, 7) is 8.40. The van der Waals surface area contributed by atoms with Gasteiger partial charge in [-0.2, -0.15) is 0 Å². The highest BCUT2D eigenvalue weighted by Gasteiger charge is 2.18. The molecule has 0 bridgehead atoms. The second-order valence-corrected chi connectivity index (χ2v) is 5.81. The highest BCUT2D eigenvalue weighted by atomic mass is 16.3. The average molecular weight is 272 g/mol. The fraction of sp³-hybridized carbons (Fsp3) is 0.412. The van der Waals surface area contributed by atoms with Crippen LogP contribution in [0.15, 0.2) is 34.7 Å². The van der Waals surface area contributed by atoms with Gasteiger partial charge in [-0.3, -0.25) is 5.84 Å². The average Bonchev–Trinajstić information content (AvgIpc) is 2.69. The summed E-state index contributed by atoms with van der Waals surface area (Å²) in [6, 6.07) is 10.6. The molecule has 108 valence electrons. The smallest absolute Gasteiger partial charge is 0.106 e. The predicted octanol–water partition coefficient (Wildman–Crippen LogP) is 3.65. The maximum absolute atomic E-state index is 5.77. The van der Waals surface area contributed by atoms with Crippen molar-refractivity contribution in [2.45, 2.75) is 40.2 Å². The minimum atomic E-state index is -0.0282. The molecule has 0 saturated carbocycles. The molecule has 20 heavy (non-hydrogen) atoms. The zero-order valence-electron chi connectivity index (χ0n) is 12.7. The maximum Gasteiger partial charge on any atom is 0.106 e. The van der Waals surface area contributed by atoms with E-state index < -0.39 is 0 Å². The monoisotopic (exact) mass is 272 g/mol. The van der Waals surface area contributed by atoms with Crippen molar-refractivity contribution < 1.29 is 4.42 Å². The first kappa shape index (κ1) is 14.8. The summed E-state index contributed by atoms with van der Waals surface area (Å²) >= 11 is 0. The van der Waals surface area contributed by atoms with E-state index in [0.717, 1.165) is 23.5 Å². The van der Waals surface area contributed by atoms with Crippen LogP contribution in [-0.2, 0) is 6.42 Å². The maximum atomic E-state index is 5.77. The number of hydrogen-bond donors (Lipinski definition) is 2. The second-order valence-electron chi connectivity index (χ2n) is 5.81. The van der Waals surface area contributed by atoms with Crippen LogP contribution in [0, 0.1) is 19.8 Å². The minimum Gasteiger partial charge on any atom is -0.466 e. The summed E-state index contributed by atoms with van der Waals surface area (Å²) in [5, 5.41) is 0. The molecule has 3 nitrogen and oxygen atoms in total. The fourth-order valence-electron chi connectivity index (χ4n) is 2.67. The van der Waals surface area contributed by atoms with Gasteiger partial charge in [0, 0.05) is 5.56 Å². The largest absolute Gasteiger partial charge is 0.466 e. The fourth-order valence-corrected chi connectivity index (χ4v) is 2.67. The van der Waals surface area contributed by atoms with E-state index in [1.807, 2.05) is 13.8 Å². The van der Waals surface area contributed by atoms with Gasteiger partial charge in [-0.05, 0) is 43.4 Å². The van der Waals surface area contributed by atoms with E-state index in [1.54, 1.807) is 0 Å². The van der Waals surface area contributed by atoms with Crippen molar-refractivity contribution in [3.05, 3.63) is 58.5 Å². The topological polar surface area (TPSA) is 51.2 Å². The lowest BCUT2D eigenvalue weighted by molar-refractivity contribution is 0.495. The molecule has 0 radical (unpaired) electrons. The lowest BCUT2D eigenvalue weighted by Crippen LogP contribution is -2.29. The third-order valence-electron chi connectivity index (χ3n) is 3.49. The van der Waals surface area contributed by atoms with Gasteiger partial charge in [0.15, 0.2) is 0 Å². The van der Waals surface area contributed by atoms with Crippen molar-refractivity contribution >= 4 is 0 Å². The van der Waals surface area contributed by atoms with E-state index in [4.69, 9.17) is 10.3 Å². The molecule has 2 rings (SSSR count). The quantitative estimate of drug-likeness (QED) is 0.645. The molecule has 0 fully saturated rings. The molecule has 0 spiro atoms. The molecule has 0 aliphatic heterocycles. The molecule has 1 heterocycles. The standard InChI is InChI=1S/C17H24N2O/c1-11(2)8-14-6-5-7-15(10-14)17(19-18)16-9-12(3)20-13(16)4/h5-7,9-11,17,19H,8,18H2,1-4H3. The van der Waals surface area contributed by atoms with Crippen LogP contribution in [0.4, 0.5) is 0 Å². The first-order chi connectivity index (χ1) is 9.51. The van der Waals surface area contributed by atoms with Crippen LogP contribution < -0.4 is 11.3 Å². The number of aryl methyl sites for hydroxylation is 2. The van der Waals surface area contributed by atoms with Gasteiger partial charge in [0.1, 0.15) is 11.5 Å². The van der Waals surface area contributed by atoms with E-state index in [0.29, 0.717) is 5.92 Å². The van der Waals surface area contributed by atoms with Crippen LogP contribution in [-0.4, -0.2) is 0 Å². The number of nitrogens with two attached hydrogens (primary N) is 1. The Morgan fingerprint density at radius 3 is 2.50 bits per heavy atom. The van der Waals surface area contributed by atoms with Crippen molar-refractivity contribution in [1.29, 1.82) is 0 Å². The van der Waals surface area contributed by atoms with Crippen LogP contribution in [0.25, 0.3) is 0 Å². The van der Waals surface area contributed by atoms with Crippen LogP contribution in [0.5, 0.6) is 0 Å². The van der Waals surface area contributed by atoms with Crippen molar-refractivity contribution in [3.63, 3.8) is 0 Å². The van der Waals surface area contributed by atoms with E-state index >= 15 is 0 Å². The molecule has 0 amide bonds. The summed E-state index contributed by atoms with van der Waals surface area (Å²) in [4.78, 5) is 0. The Morgan fingerprint density at radius 1 is 1.20 bits per heavy atom. The predicted molar refractivity (Wildman–Crippen MR) is 82.3 cm³/mol. The molecule has 2 aromatic rings. The Labute approximate surface area is 121 Å². The Kier molecular flexibility index (Phi) is 4.63. The van der Waals surface area contributed by atoms with Crippen molar-refractivity contribution in [2.75, 3.05) is 0 Å². The van der Waals surface area contributed by atoms with Gasteiger partial charge in [0.25, 0.3) is 0 Å². The lowest BCUT2D eigenvalue weighted by Gasteiger charge is -2.17. The second kappa shape index (κ2) is 6.25. The number of hydrogen-bond acceptors (Lipinski definition) is 3. The SMILES string of the molecule is Cc1cc(C(NN)c2cccc(CC(C)C)c2)c(C)o1. The summed E-state index contributed by atoms with van der Waals surface area (Å²) in [6.07, 6.45) is 1.08. The molecular formula is C17H24N2O. The molecule has 1 atom stereocenters. The summed E-state index contributed by atoms with van der Waals surface area (Å²) in [5.41, 5.74) is 6.53. The molecular weight excluding hydrogens is 248 g/mol. The number of rotatable bonds is 5. The third kappa shape index (κ3) is 3.30. The van der Waals surface area contributed by atoms with Gasteiger partial charge in [-0.15, -0.1) is 0 Å². The number of nitrogens with one attached hydrogen (secondary N) is 1. The molecule has 0 saturated heterocycles. The highest BCUT2D eigenvalue weighted by molar-refractivity contribution is 5.36. The molecule has 1 unspecified atom stereocenters. The first-order valence-corrected chi connectivity index (χ1v) is 7.13. The number of hydrazine groups is 1. The Bertz CT molecular complexity index is 572. The van der Waals surface area contributed by atoms with Crippen molar-refractivity contribution in [1.82, 2.24) is 5.43 Å². The van der Waals surface area contributed by atoms with Gasteiger partial charge < -0.3 is 4.42 Å². The Morgan fingerprint density at radius 2 is 1.95 bits per heavy atom. The molecule has 0 aliphatic carbocycles. The molecule has 1 aromatic heterocycles. The third-order valence-corrected chi connectivity index (χ3v) is 3.49. The van der Waals surface area contributed by atoms with Gasteiger partial charge in [-0.1, -0.05) is 38.1 Å². The van der Waals surface area contributed by atoms with Gasteiger partial charge >= 0.3 is 0 Å². The number of benzene rings is 1. The summed E-state index contributed by atoms with van der Waals surface area (Å²) in [7, 11) is 0. The van der Waals surface area contributed by atoms with E-state index in [-0.39, 0.29) is 6.04 Å².